The van der Waals surface area contributed by atoms with Gasteiger partial charge in [-0.1, -0.05) is 38.1 Å². The lowest BCUT2D eigenvalue weighted by atomic mass is 9.78. The smallest absolute Gasteiger partial charge is 0.0248 e. The van der Waals surface area contributed by atoms with Crippen molar-refractivity contribution in [2.24, 2.45) is 11.8 Å². The van der Waals surface area contributed by atoms with Gasteiger partial charge in [0.15, 0.2) is 0 Å². The fourth-order valence-electron chi connectivity index (χ4n) is 2.05. The summed E-state index contributed by atoms with van der Waals surface area (Å²) >= 11 is 0. The number of hydrogen-bond donors (Lipinski definition) is 0. The molecule has 0 nitrogen and oxygen atoms in total. The van der Waals surface area contributed by atoms with Gasteiger partial charge in [0.1, 0.15) is 0 Å². The van der Waals surface area contributed by atoms with Crippen LogP contribution in [0.5, 0.6) is 0 Å². The molecule has 2 atom stereocenters. The Labute approximate surface area is 74.6 Å². The second kappa shape index (κ2) is 2.93. The zero-order chi connectivity index (χ0) is 8.55. The zero-order valence-corrected chi connectivity index (χ0v) is 7.88. The van der Waals surface area contributed by atoms with E-state index in [0.29, 0.717) is 0 Å². The summed E-state index contributed by atoms with van der Waals surface area (Å²) in [6.45, 7) is 4.72. The van der Waals surface area contributed by atoms with Gasteiger partial charge >= 0.3 is 0 Å². The van der Waals surface area contributed by atoms with E-state index in [2.05, 4.69) is 38.1 Å². The molecule has 0 aliphatic heterocycles. The van der Waals surface area contributed by atoms with E-state index in [1.807, 2.05) is 0 Å². The first-order chi connectivity index (χ1) is 5.77. The first-order valence-corrected chi connectivity index (χ1v) is 4.84. The number of fused-ring (bicyclic) bond motifs is 1. The molecule has 0 spiro atoms. The van der Waals surface area contributed by atoms with Gasteiger partial charge in [0.05, 0.1) is 0 Å². The van der Waals surface area contributed by atoms with Crippen LogP contribution in [0.3, 0.4) is 0 Å². The van der Waals surface area contributed by atoms with E-state index < -0.39 is 0 Å². The highest BCUT2D eigenvalue weighted by atomic mass is 14.3. The Balaban J connectivity index is 2.34. The van der Waals surface area contributed by atoms with Gasteiger partial charge in [-0.05, 0) is 35.8 Å². The van der Waals surface area contributed by atoms with Gasteiger partial charge in [0.2, 0.25) is 0 Å². The molecule has 0 saturated heterocycles. The minimum Gasteiger partial charge on any atom is -0.0620 e. The molecule has 0 heterocycles. The van der Waals surface area contributed by atoms with Crippen LogP contribution in [0.1, 0.15) is 25.0 Å². The number of rotatable bonds is 0. The van der Waals surface area contributed by atoms with Crippen LogP contribution in [0.25, 0.3) is 0 Å². The summed E-state index contributed by atoms with van der Waals surface area (Å²) < 4.78 is 0. The Hall–Kier alpha value is -0.780. The maximum atomic E-state index is 2.36. The van der Waals surface area contributed by atoms with Gasteiger partial charge in [-0.3, -0.25) is 0 Å². The van der Waals surface area contributed by atoms with E-state index in [-0.39, 0.29) is 0 Å². The van der Waals surface area contributed by atoms with E-state index in [9.17, 15) is 0 Å². The Bertz CT molecular complexity index is 246. The maximum absolute atomic E-state index is 2.36. The van der Waals surface area contributed by atoms with Crippen molar-refractivity contribution in [1.82, 2.24) is 0 Å². The van der Waals surface area contributed by atoms with Crippen LogP contribution < -0.4 is 0 Å². The summed E-state index contributed by atoms with van der Waals surface area (Å²) in [6, 6.07) is 8.86. The Kier molecular flexibility index (Phi) is 1.92. The predicted octanol–water partition coefficient (Wildman–Crippen LogP) is 3.06. The molecule has 0 bridgehead atoms. The predicted molar refractivity (Wildman–Crippen MR) is 52.2 cm³/mol. The van der Waals surface area contributed by atoms with Crippen molar-refractivity contribution in [1.29, 1.82) is 0 Å². The third-order valence-electron chi connectivity index (χ3n) is 3.17. The third kappa shape index (κ3) is 1.26. The molecular weight excluding hydrogens is 144 g/mol. The lowest BCUT2D eigenvalue weighted by Gasteiger charge is -2.27. The molecule has 1 aromatic carbocycles. The highest BCUT2D eigenvalue weighted by Crippen LogP contribution is 2.29. The standard InChI is InChI=1S/C12H16/c1-9-7-11-5-3-4-6-12(11)8-10(9)2/h3-6,9-10H,7-8H2,1-2H3/t9-,10?/m1/s1. The molecule has 0 fully saturated rings. The van der Waals surface area contributed by atoms with Crippen LogP contribution in [-0.2, 0) is 12.8 Å². The van der Waals surface area contributed by atoms with E-state index >= 15 is 0 Å². The van der Waals surface area contributed by atoms with Gasteiger partial charge in [0, 0.05) is 0 Å². The van der Waals surface area contributed by atoms with Crippen LogP contribution in [0, 0.1) is 11.8 Å². The molecule has 0 N–H and O–H groups in total. The second-order valence-corrected chi connectivity index (χ2v) is 4.13. The first-order valence-electron chi connectivity index (χ1n) is 4.84. The van der Waals surface area contributed by atoms with Crippen LogP contribution in [-0.4, -0.2) is 0 Å². The third-order valence-corrected chi connectivity index (χ3v) is 3.17. The second-order valence-electron chi connectivity index (χ2n) is 4.13. The van der Waals surface area contributed by atoms with Crippen LogP contribution in [0.2, 0.25) is 0 Å². The van der Waals surface area contributed by atoms with E-state index in [1.54, 1.807) is 11.1 Å². The summed E-state index contributed by atoms with van der Waals surface area (Å²) in [4.78, 5) is 0. The molecule has 1 aliphatic rings. The van der Waals surface area contributed by atoms with Crippen LogP contribution in [0.15, 0.2) is 24.3 Å². The van der Waals surface area contributed by atoms with E-state index in [1.165, 1.54) is 12.8 Å². The summed E-state index contributed by atoms with van der Waals surface area (Å²) in [5, 5.41) is 0. The molecule has 0 amide bonds. The van der Waals surface area contributed by atoms with Crippen molar-refractivity contribution in [2.75, 3.05) is 0 Å². The minimum absolute atomic E-state index is 0.861. The molecule has 0 aromatic heterocycles. The lowest BCUT2D eigenvalue weighted by Crippen LogP contribution is -2.20. The summed E-state index contributed by atoms with van der Waals surface area (Å²) in [5.41, 5.74) is 3.14. The Morgan fingerprint density at radius 3 is 1.75 bits per heavy atom. The molecule has 0 saturated carbocycles. The topological polar surface area (TPSA) is 0 Å². The molecule has 64 valence electrons. The monoisotopic (exact) mass is 160 g/mol. The van der Waals surface area contributed by atoms with Gasteiger partial charge in [-0.2, -0.15) is 0 Å². The normalized spacial score (nSPS) is 28.2. The van der Waals surface area contributed by atoms with Crippen molar-refractivity contribution >= 4 is 0 Å². The van der Waals surface area contributed by atoms with Gasteiger partial charge in [-0.15, -0.1) is 0 Å². The Morgan fingerprint density at radius 2 is 1.33 bits per heavy atom. The molecule has 12 heavy (non-hydrogen) atoms. The van der Waals surface area contributed by atoms with E-state index in [4.69, 9.17) is 0 Å². The molecular formula is C12H16. The highest BCUT2D eigenvalue weighted by molar-refractivity contribution is 5.30. The van der Waals surface area contributed by atoms with Gasteiger partial charge in [0.25, 0.3) is 0 Å². The highest BCUT2D eigenvalue weighted by Gasteiger charge is 2.20. The number of hydrogen-bond acceptors (Lipinski definition) is 0. The van der Waals surface area contributed by atoms with Crippen LogP contribution in [0.4, 0.5) is 0 Å². The first kappa shape index (κ1) is 7.85. The number of benzene rings is 1. The van der Waals surface area contributed by atoms with Gasteiger partial charge in [-0.25, -0.2) is 0 Å². The molecule has 1 aliphatic carbocycles. The molecule has 1 unspecified atom stereocenters. The van der Waals surface area contributed by atoms with Crippen molar-refractivity contribution < 1.29 is 0 Å². The average molecular weight is 160 g/mol. The summed E-state index contributed by atoms with van der Waals surface area (Å²) in [5.74, 6) is 1.72. The van der Waals surface area contributed by atoms with Gasteiger partial charge < -0.3 is 0 Å². The quantitative estimate of drug-likeness (QED) is 0.547. The van der Waals surface area contributed by atoms with Crippen molar-refractivity contribution in [3.05, 3.63) is 35.4 Å². The zero-order valence-electron chi connectivity index (χ0n) is 7.88. The Morgan fingerprint density at radius 1 is 0.917 bits per heavy atom. The SMILES string of the molecule is CC1Cc2ccccc2C[C@H]1C. The maximum Gasteiger partial charge on any atom is -0.0248 e. The summed E-state index contributed by atoms with van der Waals surface area (Å²) in [6.07, 6.45) is 2.55. The fraction of sp³-hybridized carbons (Fsp3) is 0.500. The minimum atomic E-state index is 0.861. The fourth-order valence-corrected chi connectivity index (χ4v) is 2.05. The van der Waals surface area contributed by atoms with Crippen molar-refractivity contribution in [3.63, 3.8) is 0 Å². The van der Waals surface area contributed by atoms with Crippen LogP contribution >= 0.6 is 0 Å². The average Bonchev–Trinajstić information content (AvgIpc) is 2.07. The molecule has 0 heteroatoms. The lowest BCUT2D eigenvalue weighted by molar-refractivity contribution is 0.361. The molecule has 0 radical (unpaired) electrons. The van der Waals surface area contributed by atoms with E-state index in [0.717, 1.165) is 11.8 Å². The molecule has 1 aromatic rings. The van der Waals surface area contributed by atoms with Crippen molar-refractivity contribution in [3.8, 4) is 0 Å². The largest absolute Gasteiger partial charge is 0.0620 e. The van der Waals surface area contributed by atoms with Crippen molar-refractivity contribution in [2.45, 2.75) is 26.7 Å². The summed E-state index contributed by atoms with van der Waals surface area (Å²) in [7, 11) is 0. The molecule has 2 rings (SSSR count).